The monoisotopic (exact) mass is 298 g/mol. The molecule has 114 valence electrons. The Kier molecular flexibility index (Phi) is 4.46. The number of benzene rings is 1. The Balaban J connectivity index is 1.68. The third kappa shape index (κ3) is 3.50. The van der Waals surface area contributed by atoms with Crippen molar-refractivity contribution in [2.75, 3.05) is 19.7 Å². The minimum Gasteiger partial charge on any atom is -0.478 e. The second-order valence-corrected chi connectivity index (χ2v) is 5.39. The van der Waals surface area contributed by atoms with Gasteiger partial charge in [0.1, 0.15) is 0 Å². The Hall–Kier alpha value is -2.24. The summed E-state index contributed by atoms with van der Waals surface area (Å²) in [4.78, 5) is 17.5. The van der Waals surface area contributed by atoms with E-state index in [1.54, 1.807) is 24.4 Å². The first-order chi connectivity index (χ1) is 10.7. The van der Waals surface area contributed by atoms with Crippen LogP contribution in [0.1, 0.15) is 27.6 Å². The molecule has 0 aliphatic carbocycles. The Labute approximate surface area is 129 Å². The first kappa shape index (κ1) is 14.7. The molecule has 0 radical (unpaired) electrons. The standard InChI is InChI=1S/C17H18N2O3/c20-17(21)14-4-1-3-13(9-14)11-19-7-8-22-16(12-19)15-5-2-6-18-10-15/h1-6,9-10,16H,7-8,11-12H2,(H,20,21)/t16-/m1/s1. The van der Waals surface area contributed by atoms with Gasteiger partial charge in [-0.25, -0.2) is 4.79 Å². The fraction of sp³-hybridized carbons (Fsp3) is 0.294. The normalized spacial score (nSPS) is 19.0. The number of carboxylic acid groups (broad SMARTS) is 1. The van der Waals surface area contributed by atoms with Crippen LogP contribution in [0.4, 0.5) is 0 Å². The van der Waals surface area contributed by atoms with Crippen molar-refractivity contribution < 1.29 is 14.6 Å². The molecule has 1 fully saturated rings. The molecule has 2 heterocycles. The summed E-state index contributed by atoms with van der Waals surface area (Å²) in [6, 6.07) is 11.0. The van der Waals surface area contributed by atoms with Gasteiger partial charge in [-0.05, 0) is 23.8 Å². The van der Waals surface area contributed by atoms with Crippen molar-refractivity contribution in [1.82, 2.24) is 9.88 Å². The van der Waals surface area contributed by atoms with Gasteiger partial charge in [-0.1, -0.05) is 18.2 Å². The number of carboxylic acids is 1. The molecular weight excluding hydrogens is 280 g/mol. The number of hydrogen-bond donors (Lipinski definition) is 1. The van der Waals surface area contributed by atoms with Crippen molar-refractivity contribution in [3.63, 3.8) is 0 Å². The van der Waals surface area contributed by atoms with Crippen molar-refractivity contribution in [2.24, 2.45) is 0 Å². The molecule has 1 aromatic heterocycles. The predicted octanol–water partition coefficient (Wildman–Crippen LogP) is 2.35. The number of ether oxygens (including phenoxy) is 1. The molecule has 22 heavy (non-hydrogen) atoms. The maximum absolute atomic E-state index is 11.0. The van der Waals surface area contributed by atoms with Crippen LogP contribution in [0.3, 0.4) is 0 Å². The summed E-state index contributed by atoms with van der Waals surface area (Å²) < 4.78 is 5.82. The minimum atomic E-state index is -0.892. The van der Waals surface area contributed by atoms with E-state index in [1.165, 1.54) is 0 Å². The van der Waals surface area contributed by atoms with E-state index in [2.05, 4.69) is 9.88 Å². The number of aromatic carboxylic acids is 1. The molecule has 3 rings (SSSR count). The average molecular weight is 298 g/mol. The van der Waals surface area contributed by atoms with Gasteiger partial charge < -0.3 is 9.84 Å². The molecule has 5 heteroatoms. The minimum absolute atomic E-state index is 0.0186. The number of pyridine rings is 1. The summed E-state index contributed by atoms with van der Waals surface area (Å²) in [5, 5.41) is 9.07. The van der Waals surface area contributed by atoms with Gasteiger partial charge in [0.05, 0.1) is 18.3 Å². The third-order valence-electron chi connectivity index (χ3n) is 3.79. The zero-order chi connectivity index (χ0) is 15.4. The summed E-state index contributed by atoms with van der Waals surface area (Å²) in [6.07, 6.45) is 3.60. The van der Waals surface area contributed by atoms with Crippen molar-refractivity contribution in [3.05, 3.63) is 65.5 Å². The van der Waals surface area contributed by atoms with E-state index >= 15 is 0 Å². The van der Waals surface area contributed by atoms with E-state index in [9.17, 15) is 4.79 Å². The third-order valence-corrected chi connectivity index (χ3v) is 3.79. The van der Waals surface area contributed by atoms with Gasteiger partial charge in [0.25, 0.3) is 0 Å². The van der Waals surface area contributed by atoms with Crippen molar-refractivity contribution in [2.45, 2.75) is 12.6 Å². The van der Waals surface area contributed by atoms with Gasteiger partial charge in [-0.3, -0.25) is 9.88 Å². The fourth-order valence-corrected chi connectivity index (χ4v) is 2.68. The highest BCUT2D eigenvalue weighted by Crippen LogP contribution is 2.22. The van der Waals surface area contributed by atoms with Crippen LogP contribution in [0, 0.1) is 0 Å². The first-order valence-corrected chi connectivity index (χ1v) is 7.28. The largest absolute Gasteiger partial charge is 0.478 e. The SMILES string of the molecule is O=C(O)c1cccc(CN2CCO[C@@H](c3cccnc3)C2)c1. The van der Waals surface area contributed by atoms with E-state index in [0.717, 1.165) is 30.8 Å². The van der Waals surface area contributed by atoms with Gasteiger partial charge in [0.15, 0.2) is 0 Å². The van der Waals surface area contributed by atoms with Crippen LogP contribution in [0.2, 0.25) is 0 Å². The number of morpholine rings is 1. The van der Waals surface area contributed by atoms with Crippen LogP contribution in [0.25, 0.3) is 0 Å². The van der Waals surface area contributed by atoms with E-state index in [0.29, 0.717) is 12.2 Å². The molecule has 1 aliphatic heterocycles. The highest BCUT2D eigenvalue weighted by Gasteiger charge is 2.22. The number of carbonyl (C=O) groups is 1. The summed E-state index contributed by atoms with van der Waals surface area (Å²) >= 11 is 0. The van der Waals surface area contributed by atoms with Gasteiger partial charge in [-0.2, -0.15) is 0 Å². The van der Waals surface area contributed by atoms with Gasteiger partial charge >= 0.3 is 5.97 Å². The number of aromatic nitrogens is 1. The second kappa shape index (κ2) is 6.68. The van der Waals surface area contributed by atoms with E-state index in [4.69, 9.17) is 9.84 Å². The fourth-order valence-electron chi connectivity index (χ4n) is 2.68. The molecule has 1 aliphatic rings. The molecule has 0 spiro atoms. The lowest BCUT2D eigenvalue weighted by Crippen LogP contribution is -2.37. The molecule has 0 unspecified atom stereocenters. The summed E-state index contributed by atoms with van der Waals surface area (Å²) in [6.45, 7) is 3.01. The molecule has 5 nitrogen and oxygen atoms in total. The molecule has 1 atom stereocenters. The lowest BCUT2D eigenvalue weighted by Gasteiger charge is -2.33. The average Bonchev–Trinajstić information content (AvgIpc) is 2.56. The maximum Gasteiger partial charge on any atom is 0.335 e. The molecular formula is C17H18N2O3. The first-order valence-electron chi connectivity index (χ1n) is 7.28. The van der Waals surface area contributed by atoms with E-state index < -0.39 is 5.97 Å². The van der Waals surface area contributed by atoms with Crippen LogP contribution >= 0.6 is 0 Å². The zero-order valence-electron chi connectivity index (χ0n) is 12.2. The molecule has 0 amide bonds. The molecule has 2 aromatic rings. The number of nitrogens with zero attached hydrogens (tertiary/aromatic N) is 2. The van der Waals surface area contributed by atoms with Crippen molar-refractivity contribution >= 4 is 5.97 Å². The number of hydrogen-bond acceptors (Lipinski definition) is 4. The van der Waals surface area contributed by atoms with Crippen LogP contribution in [-0.4, -0.2) is 40.7 Å². The molecule has 0 bridgehead atoms. The lowest BCUT2D eigenvalue weighted by atomic mass is 10.1. The Morgan fingerprint density at radius 3 is 3.05 bits per heavy atom. The Bertz CT molecular complexity index is 645. The van der Waals surface area contributed by atoms with E-state index in [1.807, 2.05) is 24.4 Å². The van der Waals surface area contributed by atoms with Crippen LogP contribution in [0.15, 0.2) is 48.8 Å². The molecule has 1 N–H and O–H groups in total. The Morgan fingerprint density at radius 1 is 1.36 bits per heavy atom. The summed E-state index contributed by atoms with van der Waals surface area (Å²) in [5.74, 6) is -0.892. The zero-order valence-corrected chi connectivity index (χ0v) is 12.2. The second-order valence-electron chi connectivity index (χ2n) is 5.39. The maximum atomic E-state index is 11.0. The quantitative estimate of drug-likeness (QED) is 0.939. The van der Waals surface area contributed by atoms with Gasteiger partial charge in [0, 0.05) is 37.6 Å². The highest BCUT2D eigenvalue weighted by atomic mass is 16.5. The van der Waals surface area contributed by atoms with Gasteiger partial charge in [0.2, 0.25) is 0 Å². The van der Waals surface area contributed by atoms with E-state index in [-0.39, 0.29) is 6.10 Å². The highest BCUT2D eigenvalue weighted by molar-refractivity contribution is 5.87. The predicted molar refractivity (Wildman–Crippen MR) is 81.6 cm³/mol. The Morgan fingerprint density at radius 2 is 2.27 bits per heavy atom. The molecule has 1 saturated heterocycles. The topological polar surface area (TPSA) is 62.7 Å². The smallest absolute Gasteiger partial charge is 0.335 e. The van der Waals surface area contributed by atoms with Crippen LogP contribution < -0.4 is 0 Å². The van der Waals surface area contributed by atoms with Crippen LogP contribution in [0.5, 0.6) is 0 Å². The lowest BCUT2D eigenvalue weighted by molar-refractivity contribution is -0.0330. The summed E-state index contributed by atoms with van der Waals surface area (Å²) in [5.41, 5.74) is 2.41. The summed E-state index contributed by atoms with van der Waals surface area (Å²) in [7, 11) is 0. The number of rotatable bonds is 4. The van der Waals surface area contributed by atoms with Crippen molar-refractivity contribution in [1.29, 1.82) is 0 Å². The van der Waals surface area contributed by atoms with Crippen molar-refractivity contribution in [3.8, 4) is 0 Å². The van der Waals surface area contributed by atoms with Gasteiger partial charge in [-0.15, -0.1) is 0 Å². The molecule has 1 aromatic carbocycles. The molecule has 0 saturated carbocycles. The van der Waals surface area contributed by atoms with Crippen LogP contribution in [-0.2, 0) is 11.3 Å².